The first-order valence-corrected chi connectivity index (χ1v) is 10.6. The van der Waals surface area contributed by atoms with Gasteiger partial charge in [0.15, 0.2) is 0 Å². The van der Waals surface area contributed by atoms with Crippen molar-refractivity contribution in [2.75, 3.05) is 16.2 Å². The van der Waals surface area contributed by atoms with Crippen LogP contribution in [0, 0.1) is 10.1 Å². The van der Waals surface area contributed by atoms with Crippen LogP contribution in [0.15, 0.2) is 77.7 Å². The fraction of sp³-hybridized carbons (Fsp3) is 0.0952. The Bertz CT molecular complexity index is 1230. The maximum atomic E-state index is 12.9. The molecule has 8 nitrogen and oxygen atoms in total. The number of carbonyl (C=O) groups is 1. The molecule has 9 heteroatoms. The van der Waals surface area contributed by atoms with E-state index in [0.717, 1.165) is 5.56 Å². The monoisotopic (exact) mass is 423 g/mol. The van der Waals surface area contributed by atoms with Gasteiger partial charge in [-0.2, -0.15) is 0 Å². The van der Waals surface area contributed by atoms with Gasteiger partial charge < -0.3 is 4.90 Å². The number of hydrogen-bond donors (Lipinski definition) is 1. The van der Waals surface area contributed by atoms with Gasteiger partial charge in [-0.15, -0.1) is 0 Å². The molecule has 1 N–H and O–H groups in total. The molecule has 30 heavy (non-hydrogen) atoms. The van der Waals surface area contributed by atoms with Gasteiger partial charge in [0.2, 0.25) is 0 Å². The molecule has 0 aliphatic carbocycles. The van der Waals surface area contributed by atoms with E-state index < -0.39 is 14.9 Å². The molecule has 0 aromatic heterocycles. The maximum Gasteiger partial charge on any atom is 0.271 e. The summed E-state index contributed by atoms with van der Waals surface area (Å²) in [6.45, 7) is 0.408. The van der Waals surface area contributed by atoms with E-state index in [1.807, 2.05) is 0 Å². The van der Waals surface area contributed by atoms with Crippen LogP contribution in [0.3, 0.4) is 0 Å². The topological polar surface area (TPSA) is 110 Å². The molecule has 0 radical (unpaired) electrons. The molecule has 0 unspecified atom stereocenters. The van der Waals surface area contributed by atoms with E-state index >= 15 is 0 Å². The quantitative estimate of drug-likeness (QED) is 0.498. The van der Waals surface area contributed by atoms with Gasteiger partial charge in [0.25, 0.3) is 21.6 Å². The van der Waals surface area contributed by atoms with Gasteiger partial charge in [-0.1, -0.05) is 24.3 Å². The second-order valence-electron chi connectivity index (χ2n) is 6.77. The van der Waals surface area contributed by atoms with Crippen molar-refractivity contribution in [1.82, 2.24) is 0 Å². The molecule has 1 aliphatic rings. The first-order chi connectivity index (χ1) is 14.3. The van der Waals surface area contributed by atoms with E-state index in [1.54, 1.807) is 36.4 Å². The lowest BCUT2D eigenvalue weighted by Crippen LogP contribution is -2.29. The number of benzene rings is 3. The number of hydrogen-bond acceptors (Lipinski definition) is 5. The summed E-state index contributed by atoms with van der Waals surface area (Å²) in [5.74, 6) is -0.339. The first kappa shape index (κ1) is 19.6. The molecule has 0 saturated heterocycles. The summed E-state index contributed by atoms with van der Waals surface area (Å²) < 4.78 is 27.5. The number of amides is 1. The Balaban J connectivity index is 1.56. The second-order valence-corrected chi connectivity index (χ2v) is 8.46. The van der Waals surface area contributed by atoms with Gasteiger partial charge in [0.05, 0.1) is 15.5 Å². The molecule has 3 aromatic rings. The number of nitro groups is 1. The first-order valence-electron chi connectivity index (χ1n) is 9.12. The highest BCUT2D eigenvalue weighted by molar-refractivity contribution is 7.92. The molecular formula is C21H17N3O5S. The number of nitrogens with one attached hydrogen (secondary N) is 1. The minimum atomic E-state index is -3.79. The predicted octanol–water partition coefficient (Wildman–Crippen LogP) is 3.60. The lowest BCUT2D eigenvalue weighted by Gasteiger charge is -2.17. The Kier molecular flexibility index (Phi) is 4.96. The van der Waals surface area contributed by atoms with Gasteiger partial charge in [0, 0.05) is 29.9 Å². The van der Waals surface area contributed by atoms with E-state index in [9.17, 15) is 23.3 Å². The Morgan fingerprint density at radius 3 is 2.37 bits per heavy atom. The smallest absolute Gasteiger partial charge is 0.271 e. The van der Waals surface area contributed by atoms with Gasteiger partial charge in [0.1, 0.15) is 0 Å². The Morgan fingerprint density at radius 2 is 1.70 bits per heavy atom. The van der Waals surface area contributed by atoms with Crippen LogP contribution < -0.4 is 9.62 Å². The third-order valence-electron chi connectivity index (χ3n) is 4.86. The molecule has 1 heterocycles. The van der Waals surface area contributed by atoms with Crippen molar-refractivity contribution in [2.24, 2.45) is 0 Å². The Labute approximate surface area is 173 Å². The molecule has 0 spiro atoms. The Morgan fingerprint density at radius 1 is 1.00 bits per heavy atom. The molecule has 0 bridgehead atoms. The molecule has 4 rings (SSSR count). The summed E-state index contributed by atoms with van der Waals surface area (Å²) in [5, 5.41) is 11.0. The predicted molar refractivity (Wildman–Crippen MR) is 112 cm³/mol. The summed E-state index contributed by atoms with van der Waals surface area (Å²) in [5.41, 5.74) is 2.03. The van der Waals surface area contributed by atoms with Crippen LogP contribution in [0.1, 0.15) is 15.9 Å². The van der Waals surface area contributed by atoms with Crippen molar-refractivity contribution in [3.05, 3.63) is 94.0 Å². The average molecular weight is 423 g/mol. The summed E-state index contributed by atoms with van der Waals surface area (Å²) in [6, 6.07) is 18.6. The van der Waals surface area contributed by atoms with E-state index in [4.69, 9.17) is 0 Å². The minimum Gasteiger partial charge on any atom is -0.308 e. The zero-order chi connectivity index (χ0) is 21.3. The molecule has 152 valence electrons. The number of carbonyl (C=O) groups excluding carboxylic acids is 1. The number of nitro benzene ring substituents is 1. The van der Waals surface area contributed by atoms with Crippen molar-refractivity contribution in [3.8, 4) is 0 Å². The number of sulfonamides is 1. The van der Waals surface area contributed by atoms with Crippen molar-refractivity contribution >= 4 is 33.0 Å². The van der Waals surface area contributed by atoms with Crippen LogP contribution in [-0.2, 0) is 16.4 Å². The molecular weight excluding hydrogens is 406 g/mol. The van der Waals surface area contributed by atoms with Crippen molar-refractivity contribution in [1.29, 1.82) is 0 Å². The average Bonchev–Trinajstić information content (AvgIpc) is 3.17. The fourth-order valence-electron chi connectivity index (χ4n) is 3.34. The van der Waals surface area contributed by atoms with Gasteiger partial charge >= 0.3 is 0 Å². The number of anilines is 2. The van der Waals surface area contributed by atoms with Crippen molar-refractivity contribution < 1.29 is 18.1 Å². The molecule has 0 atom stereocenters. The minimum absolute atomic E-state index is 0.0281. The zero-order valence-electron chi connectivity index (χ0n) is 15.7. The van der Waals surface area contributed by atoms with Crippen LogP contribution in [0.25, 0.3) is 0 Å². The van der Waals surface area contributed by atoms with Crippen LogP contribution >= 0.6 is 0 Å². The largest absolute Gasteiger partial charge is 0.308 e. The molecule has 0 saturated carbocycles. The van der Waals surface area contributed by atoms with E-state index in [0.29, 0.717) is 29.9 Å². The van der Waals surface area contributed by atoms with Gasteiger partial charge in [-0.3, -0.25) is 19.6 Å². The third kappa shape index (κ3) is 3.74. The fourth-order valence-corrected chi connectivity index (χ4v) is 4.40. The van der Waals surface area contributed by atoms with Gasteiger partial charge in [-0.25, -0.2) is 8.42 Å². The number of rotatable bonds is 5. The third-order valence-corrected chi connectivity index (χ3v) is 6.26. The lowest BCUT2D eigenvalue weighted by molar-refractivity contribution is -0.384. The van der Waals surface area contributed by atoms with Crippen LogP contribution in [0.4, 0.5) is 17.1 Å². The second kappa shape index (κ2) is 7.60. The lowest BCUT2D eigenvalue weighted by atomic mass is 10.1. The summed E-state index contributed by atoms with van der Waals surface area (Å²) in [4.78, 5) is 25.0. The number of nitrogens with zero attached hydrogens (tertiary/aromatic N) is 2. The summed E-state index contributed by atoms with van der Waals surface area (Å²) in [6.07, 6.45) is 0.604. The standard InChI is InChI=1S/C21H17N3O5S/c25-21(23-13-12-15-6-9-18(24(26)27)14-20(15)23)16-7-10-19(11-8-16)30(28,29)22-17-4-2-1-3-5-17/h1-11,14,22H,12-13H2. The Hall–Kier alpha value is -3.72. The van der Waals surface area contributed by atoms with Crippen molar-refractivity contribution in [3.63, 3.8) is 0 Å². The molecule has 3 aromatic carbocycles. The maximum absolute atomic E-state index is 12.9. The van der Waals surface area contributed by atoms with E-state index in [-0.39, 0.29) is 16.5 Å². The molecule has 1 aliphatic heterocycles. The number of fused-ring (bicyclic) bond motifs is 1. The SMILES string of the molecule is O=C(c1ccc(S(=O)(=O)Nc2ccccc2)cc1)N1CCc2ccc([N+](=O)[O-])cc21. The van der Waals surface area contributed by atoms with E-state index in [2.05, 4.69) is 4.72 Å². The molecule has 0 fully saturated rings. The van der Waals surface area contributed by atoms with Crippen LogP contribution in [0.5, 0.6) is 0 Å². The van der Waals surface area contributed by atoms with Crippen molar-refractivity contribution in [2.45, 2.75) is 11.3 Å². The summed E-state index contributed by atoms with van der Waals surface area (Å²) >= 11 is 0. The number of para-hydroxylation sites is 1. The van der Waals surface area contributed by atoms with E-state index in [1.165, 1.54) is 41.3 Å². The highest BCUT2D eigenvalue weighted by atomic mass is 32.2. The van der Waals surface area contributed by atoms with Gasteiger partial charge in [-0.05, 0) is 48.4 Å². The number of non-ortho nitro benzene ring substituents is 1. The summed E-state index contributed by atoms with van der Waals surface area (Å²) in [7, 11) is -3.79. The van der Waals surface area contributed by atoms with Crippen LogP contribution in [0.2, 0.25) is 0 Å². The molecule has 1 amide bonds. The zero-order valence-corrected chi connectivity index (χ0v) is 16.5. The highest BCUT2D eigenvalue weighted by Gasteiger charge is 2.28. The normalized spacial score (nSPS) is 13.0. The van der Waals surface area contributed by atoms with Crippen LogP contribution in [-0.4, -0.2) is 25.8 Å². The highest BCUT2D eigenvalue weighted by Crippen LogP contribution is 2.32.